The summed E-state index contributed by atoms with van der Waals surface area (Å²) in [6.45, 7) is 6.58. The van der Waals surface area contributed by atoms with Gasteiger partial charge in [-0.05, 0) is 55.5 Å². The predicted octanol–water partition coefficient (Wildman–Crippen LogP) is 3.59. The average molecular weight is 538 g/mol. The molecule has 0 aliphatic carbocycles. The van der Waals surface area contributed by atoms with Crippen molar-refractivity contribution >= 4 is 50.9 Å². The highest BCUT2D eigenvalue weighted by molar-refractivity contribution is 8.76. The number of carbonyl (C=O) groups excluding carboxylic acids is 4. The van der Waals surface area contributed by atoms with Crippen molar-refractivity contribution in [3.05, 3.63) is 35.5 Å². The number of rotatable bonds is 17. The molecule has 0 saturated carbocycles. The number of hydrogen-bond acceptors (Lipinski definition) is 8. The number of carboxylic acid groups (broad SMARTS) is 1. The molecule has 198 valence electrons. The van der Waals surface area contributed by atoms with E-state index in [1.807, 2.05) is 18.2 Å². The molecule has 1 aromatic heterocycles. The summed E-state index contributed by atoms with van der Waals surface area (Å²) in [5.74, 6) is -1.96. The van der Waals surface area contributed by atoms with Gasteiger partial charge in [0, 0.05) is 48.9 Å². The largest absolute Gasteiger partial charge is 0.478 e. The Morgan fingerprint density at radius 2 is 1.75 bits per heavy atom. The van der Waals surface area contributed by atoms with Crippen LogP contribution >= 0.6 is 21.6 Å². The van der Waals surface area contributed by atoms with Crippen LogP contribution in [-0.4, -0.2) is 57.8 Å². The number of aromatic nitrogens is 1. The van der Waals surface area contributed by atoms with Crippen LogP contribution in [0.1, 0.15) is 59.8 Å². The predicted molar refractivity (Wildman–Crippen MR) is 141 cm³/mol. The van der Waals surface area contributed by atoms with Crippen LogP contribution in [0.25, 0.3) is 0 Å². The number of aliphatic carboxylic acids is 1. The van der Waals surface area contributed by atoms with E-state index in [9.17, 15) is 29.1 Å². The Bertz CT molecular complexity index is 950. The van der Waals surface area contributed by atoms with E-state index in [1.165, 1.54) is 24.6 Å². The molecule has 1 aromatic rings. The minimum Gasteiger partial charge on any atom is -0.478 e. The fourth-order valence-corrected chi connectivity index (χ4v) is 4.98. The van der Waals surface area contributed by atoms with Crippen molar-refractivity contribution in [2.45, 2.75) is 70.9 Å². The van der Waals surface area contributed by atoms with Crippen LogP contribution in [0.4, 0.5) is 0 Å². The van der Waals surface area contributed by atoms with Crippen molar-refractivity contribution in [2.75, 3.05) is 12.3 Å². The molecule has 2 amide bonds. The number of ketones is 2. The third-order valence-electron chi connectivity index (χ3n) is 5.19. The summed E-state index contributed by atoms with van der Waals surface area (Å²) in [5, 5.41) is 15.6. The van der Waals surface area contributed by atoms with Gasteiger partial charge in [0.1, 0.15) is 10.8 Å². The molecule has 0 fully saturated rings. The molecular weight excluding hydrogens is 502 g/mol. The lowest BCUT2D eigenvalue weighted by molar-refractivity contribution is -0.133. The molecule has 9 nitrogen and oxygen atoms in total. The molecule has 0 aromatic carbocycles. The van der Waals surface area contributed by atoms with Crippen LogP contribution in [0.3, 0.4) is 0 Å². The monoisotopic (exact) mass is 537 g/mol. The minimum absolute atomic E-state index is 0.0109. The topological polar surface area (TPSA) is 143 Å². The van der Waals surface area contributed by atoms with Crippen molar-refractivity contribution in [3.63, 3.8) is 0 Å². The molecule has 36 heavy (non-hydrogen) atoms. The lowest BCUT2D eigenvalue weighted by atomic mass is 9.95. The van der Waals surface area contributed by atoms with Gasteiger partial charge in [-0.15, -0.1) is 0 Å². The summed E-state index contributed by atoms with van der Waals surface area (Å²) < 4.78 is 0. The maximum Gasteiger partial charge on any atom is 0.331 e. The first-order chi connectivity index (χ1) is 17.0. The Labute approximate surface area is 220 Å². The zero-order valence-electron chi connectivity index (χ0n) is 21.2. The number of nitrogens with one attached hydrogen (secondary N) is 2. The fourth-order valence-electron chi connectivity index (χ4n) is 3.12. The SMILES string of the molecule is CC(=O)CC/C(C(=O)N[C@H](C(=O)CCCNC(=O)CCSSc1ccccn1)C(C)C)=C(\C)C(=O)O. The summed E-state index contributed by atoms with van der Waals surface area (Å²) >= 11 is 0. The first-order valence-corrected chi connectivity index (χ1v) is 14.1. The van der Waals surface area contributed by atoms with Crippen LogP contribution in [0.2, 0.25) is 0 Å². The molecule has 3 N–H and O–H groups in total. The van der Waals surface area contributed by atoms with Crippen molar-refractivity contribution in [2.24, 2.45) is 5.92 Å². The highest BCUT2D eigenvalue weighted by Crippen LogP contribution is 2.29. The van der Waals surface area contributed by atoms with Gasteiger partial charge in [0.25, 0.3) is 0 Å². The molecular formula is C25H35N3O6S2. The number of Topliss-reactive ketones (excluding diaryl/α,β-unsaturated/α-hetero) is 2. The van der Waals surface area contributed by atoms with Gasteiger partial charge in [-0.25, -0.2) is 9.78 Å². The van der Waals surface area contributed by atoms with Gasteiger partial charge in [-0.1, -0.05) is 30.7 Å². The number of carbonyl (C=O) groups is 5. The maximum atomic E-state index is 12.8. The summed E-state index contributed by atoms with van der Waals surface area (Å²) in [4.78, 5) is 64.5. The Morgan fingerprint density at radius 1 is 1.03 bits per heavy atom. The second-order valence-corrected chi connectivity index (χ2v) is 11.0. The lowest BCUT2D eigenvalue weighted by Gasteiger charge is -2.22. The van der Waals surface area contributed by atoms with Gasteiger partial charge < -0.3 is 20.5 Å². The first kappa shape index (κ1) is 31.4. The number of pyridine rings is 1. The fraction of sp³-hybridized carbons (Fsp3) is 0.520. The molecule has 0 aliphatic rings. The molecule has 0 spiro atoms. The van der Waals surface area contributed by atoms with E-state index < -0.39 is 17.9 Å². The Hall–Kier alpha value is -2.66. The summed E-state index contributed by atoms with van der Waals surface area (Å²) in [6, 6.07) is 4.84. The molecule has 11 heteroatoms. The third kappa shape index (κ3) is 12.3. The minimum atomic E-state index is -1.25. The van der Waals surface area contributed by atoms with Gasteiger partial charge in [-0.2, -0.15) is 0 Å². The highest BCUT2D eigenvalue weighted by Gasteiger charge is 2.26. The summed E-state index contributed by atoms with van der Waals surface area (Å²) in [6.07, 6.45) is 2.66. The molecule has 0 saturated heterocycles. The van der Waals surface area contributed by atoms with E-state index in [0.29, 0.717) is 25.1 Å². The smallest absolute Gasteiger partial charge is 0.331 e. The normalized spacial score (nSPS) is 12.5. The molecule has 1 atom stereocenters. The Balaban J connectivity index is 2.49. The van der Waals surface area contributed by atoms with Crippen molar-refractivity contribution in [1.29, 1.82) is 0 Å². The molecule has 1 heterocycles. The molecule has 0 aliphatic heterocycles. The first-order valence-electron chi connectivity index (χ1n) is 11.8. The van der Waals surface area contributed by atoms with Crippen LogP contribution < -0.4 is 10.6 Å². The van der Waals surface area contributed by atoms with E-state index in [2.05, 4.69) is 15.6 Å². The van der Waals surface area contributed by atoms with E-state index in [-0.39, 0.29) is 53.8 Å². The van der Waals surface area contributed by atoms with E-state index in [4.69, 9.17) is 0 Å². The van der Waals surface area contributed by atoms with Crippen molar-refractivity contribution in [1.82, 2.24) is 15.6 Å². The zero-order valence-corrected chi connectivity index (χ0v) is 22.8. The average Bonchev–Trinajstić information content (AvgIpc) is 2.83. The van der Waals surface area contributed by atoms with Crippen molar-refractivity contribution < 1.29 is 29.1 Å². The van der Waals surface area contributed by atoms with Gasteiger partial charge in [0.15, 0.2) is 5.78 Å². The van der Waals surface area contributed by atoms with E-state index >= 15 is 0 Å². The van der Waals surface area contributed by atoms with Crippen LogP contribution in [0, 0.1) is 5.92 Å². The van der Waals surface area contributed by atoms with Crippen LogP contribution in [-0.2, 0) is 24.0 Å². The third-order valence-corrected chi connectivity index (χ3v) is 7.46. The zero-order chi connectivity index (χ0) is 27.1. The molecule has 1 rings (SSSR count). The van der Waals surface area contributed by atoms with Crippen molar-refractivity contribution in [3.8, 4) is 0 Å². The second-order valence-electron chi connectivity index (χ2n) is 8.55. The van der Waals surface area contributed by atoms with E-state index in [0.717, 1.165) is 5.03 Å². The van der Waals surface area contributed by atoms with Gasteiger partial charge in [-0.3, -0.25) is 14.4 Å². The van der Waals surface area contributed by atoms with Crippen LogP contribution in [0.15, 0.2) is 40.6 Å². The second kappa shape index (κ2) is 16.9. The maximum absolute atomic E-state index is 12.8. The summed E-state index contributed by atoms with van der Waals surface area (Å²) in [5.41, 5.74) is -0.162. The van der Waals surface area contributed by atoms with Gasteiger partial charge in [0.05, 0.1) is 6.04 Å². The molecule has 0 unspecified atom stereocenters. The Kier molecular flexibility index (Phi) is 14.7. The molecule has 0 radical (unpaired) electrons. The standard InChI is InChI=1S/C25H35N3O6S2/c1-16(2)23(28-24(32)19(11-10-17(3)29)18(4)25(33)34)20(30)8-7-14-26-21(31)12-15-35-36-22-9-5-6-13-27-22/h5-6,9,13,16,23H,7-8,10-12,14-15H2,1-4H3,(H,26,31)(H,28,32)(H,33,34)/b19-18-/t23-/m0/s1. The number of hydrogen-bond donors (Lipinski definition) is 3. The number of nitrogens with zero attached hydrogens (tertiary/aromatic N) is 1. The Morgan fingerprint density at radius 3 is 2.33 bits per heavy atom. The number of carboxylic acids is 1. The number of amides is 2. The van der Waals surface area contributed by atoms with E-state index in [1.54, 1.807) is 30.8 Å². The van der Waals surface area contributed by atoms with Crippen LogP contribution in [0.5, 0.6) is 0 Å². The molecule has 0 bridgehead atoms. The summed E-state index contributed by atoms with van der Waals surface area (Å²) in [7, 11) is 3.05. The highest BCUT2D eigenvalue weighted by atomic mass is 33.1. The van der Waals surface area contributed by atoms with Gasteiger partial charge in [0.2, 0.25) is 11.8 Å². The van der Waals surface area contributed by atoms with Gasteiger partial charge >= 0.3 is 5.97 Å². The lowest BCUT2D eigenvalue weighted by Crippen LogP contribution is -2.45. The quantitative estimate of drug-likeness (QED) is 0.154.